The van der Waals surface area contributed by atoms with Gasteiger partial charge < -0.3 is 10.6 Å². The van der Waals surface area contributed by atoms with E-state index in [-0.39, 0.29) is 5.69 Å². The lowest BCUT2D eigenvalue weighted by Crippen LogP contribution is -2.28. The number of H-pyrrole nitrogens is 1. The van der Waals surface area contributed by atoms with Crippen LogP contribution in [0.2, 0.25) is 0 Å². The minimum absolute atomic E-state index is 0.146. The first kappa shape index (κ1) is 17.2. The van der Waals surface area contributed by atoms with Crippen LogP contribution in [0.4, 0.5) is 16.2 Å². The molecule has 0 saturated carbocycles. The Morgan fingerprint density at radius 1 is 1.28 bits per heavy atom. The molecule has 2 amide bonds. The summed E-state index contributed by atoms with van der Waals surface area (Å²) in [6.07, 6.45) is 1.34. The molecule has 3 N–H and O–H groups in total. The van der Waals surface area contributed by atoms with Gasteiger partial charge in [0, 0.05) is 4.47 Å². The fourth-order valence-corrected chi connectivity index (χ4v) is 2.82. The number of hydrogen-bond acceptors (Lipinski definition) is 4. The number of aryl methyl sites for hydroxylation is 2. The second-order valence-corrected chi connectivity index (χ2v) is 6.35. The molecule has 0 aliphatic heterocycles. The van der Waals surface area contributed by atoms with E-state index in [1.54, 1.807) is 19.1 Å². The molecule has 25 heavy (non-hydrogen) atoms. The van der Waals surface area contributed by atoms with Gasteiger partial charge in [0.15, 0.2) is 0 Å². The molecule has 2 aromatic heterocycles. The van der Waals surface area contributed by atoms with Gasteiger partial charge in [0.2, 0.25) is 0 Å². The van der Waals surface area contributed by atoms with Gasteiger partial charge in [-0.15, -0.1) is 0 Å². The minimum atomic E-state index is -0.514. The molecular weight excluding hydrogens is 388 g/mol. The van der Waals surface area contributed by atoms with E-state index in [1.165, 1.54) is 4.52 Å². The molecule has 3 rings (SSSR count). The highest BCUT2D eigenvalue weighted by Crippen LogP contribution is 2.21. The van der Waals surface area contributed by atoms with Crippen molar-refractivity contribution in [3.63, 3.8) is 0 Å². The Hall–Kier alpha value is -2.68. The summed E-state index contributed by atoms with van der Waals surface area (Å²) in [4.78, 5) is 33.6. The molecule has 0 aliphatic carbocycles. The molecule has 2 heterocycles. The average molecular weight is 405 g/mol. The number of aromatic nitrogens is 4. The molecular formula is C16H17BrN6O2. The van der Waals surface area contributed by atoms with Crippen LogP contribution in [0.15, 0.2) is 33.5 Å². The van der Waals surface area contributed by atoms with Crippen molar-refractivity contribution in [1.82, 2.24) is 19.6 Å². The van der Waals surface area contributed by atoms with Crippen molar-refractivity contribution >= 4 is 39.1 Å². The number of carbonyl (C=O) groups excluding carboxylic acids is 1. The van der Waals surface area contributed by atoms with Crippen LogP contribution in [-0.4, -0.2) is 25.6 Å². The summed E-state index contributed by atoms with van der Waals surface area (Å²) in [7, 11) is 0. The molecule has 9 heteroatoms. The van der Waals surface area contributed by atoms with E-state index in [4.69, 9.17) is 0 Å². The van der Waals surface area contributed by atoms with Gasteiger partial charge in [0.05, 0.1) is 11.4 Å². The van der Waals surface area contributed by atoms with Gasteiger partial charge in [0.1, 0.15) is 11.5 Å². The third-order valence-corrected chi connectivity index (χ3v) is 4.22. The van der Waals surface area contributed by atoms with E-state index in [1.807, 2.05) is 19.1 Å². The summed E-state index contributed by atoms with van der Waals surface area (Å²) in [5, 5.41) is 8.16. The van der Waals surface area contributed by atoms with Gasteiger partial charge in [-0.2, -0.15) is 9.50 Å². The molecule has 0 saturated heterocycles. The van der Waals surface area contributed by atoms with Gasteiger partial charge in [0.25, 0.3) is 11.3 Å². The lowest BCUT2D eigenvalue weighted by atomic mass is 10.2. The van der Waals surface area contributed by atoms with Crippen molar-refractivity contribution in [2.45, 2.75) is 26.7 Å². The zero-order valence-corrected chi connectivity index (χ0v) is 15.3. The van der Waals surface area contributed by atoms with Gasteiger partial charge in [-0.3, -0.25) is 9.89 Å². The van der Waals surface area contributed by atoms with Crippen LogP contribution in [0, 0.1) is 6.92 Å². The SMILES string of the molecule is CCCc1nc2nc(C)[nH]n2c(=O)c1NC(=O)Nc1ccccc1Br. The van der Waals surface area contributed by atoms with Crippen molar-refractivity contribution in [3.05, 3.63) is 50.6 Å². The number of halogens is 1. The Morgan fingerprint density at radius 2 is 2.04 bits per heavy atom. The fourth-order valence-electron chi connectivity index (χ4n) is 2.44. The Balaban J connectivity index is 1.95. The van der Waals surface area contributed by atoms with Gasteiger partial charge in [-0.1, -0.05) is 25.5 Å². The maximum absolute atomic E-state index is 12.7. The maximum atomic E-state index is 12.7. The van der Waals surface area contributed by atoms with Crippen LogP contribution in [-0.2, 0) is 6.42 Å². The smallest absolute Gasteiger partial charge is 0.307 e. The van der Waals surface area contributed by atoms with E-state index in [0.717, 1.165) is 10.9 Å². The first-order valence-corrected chi connectivity index (χ1v) is 8.59. The van der Waals surface area contributed by atoms with E-state index < -0.39 is 11.6 Å². The van der Waals surface area contributed by atoms with Crippen LogP contribution in [0.1, 0.15) is 24.9 Å². The number of nitrogens with zero attached hydrogens (tertiary/aromatic N) is 3. The Bertz CT molecular complexity index is 994. The summed E-state index contributed by atoms with van der Waals surface area (Å²) in [5.41, 5.74) is 0.869. The third kappa shape index (κ3) is 3.55. The molecule has 0 aliphatic rings. The second kappa shape index (κ2) is 7.06. The number of nitrogens with one attached hydrogen (secondary N) is 3. The third-order valence-electron chi connectivity index (χ3n) is 3.53. The predicted octanol–water partition coefficient (Wildman–Crippen LogP) is 3.09. The largest absolute Gasteiger partial charge is 0.323 e. The van der Waals surface area contributed by atoms with Crippen molar-refractivity contribution in [2.24, 2.45) is 0 Å². The highest BCUT2D eigenvalue weighted by Gasteiger charge is 2.17. The van der Waals surface area contributed by atoms with Gasteiger partial charge in [-0.05, 0) is 41.4 Å². The molecule has 0 unspecified atom stereocenters. The summed E-state index contributed by atoms with van der Waals surface area (Å²) in [6, 6.07) is 6.70. The van der Waals surface area contributed by atoms with E-state index >= 15 is 0 Å². The molecule has 0 bridgehead atoms. The molecule has 0 spiro atoms. The first-order valence-electron chi connectivity index (χ1n) is 7.80. The molecule has 130 valence electrons. The van der Waals surface area contributed by atoms with E-state index in [0.29, 0.717) is 29.4 Å². The summed E-state index contributed by atoms with van der Waals surface area (Å²) in [5.74, 6) is 0.865. The second-order valence-electron chi connectivity index (χ2n) is 5.49. The lowest BCUT2D eigenvalue weighted by Gasteiger charge is -2.11. The highest BCUT2D eigenvalue weighted by atomic mass is 79.9. The number of fused-ring (bicyclic) bond motifs is 1. The zero-order chi connectivity index (χ0) is 18.0. The van der Waals surface area contributed by atoms with Gasteiger partial charge >= 0.3 is 6.03 Å². The predicted molar refractivity (Wildman–Crippen MR) is 99.1 cm³/mol. The maximum Gasteiger partial charge on any atom is 0.323 e. The number of anilines is 2. The highest BCUT2D eigenvalue weighted by molar-refractivity contribution is 9.10. The summed E-state index contributed by atoms with van der Waals surface area (Å²) < 4.78 is 1.97. The Labute approximate surface area is 151 Å². The molecule has 0 atom stereocenters. The van der Waals surface area contributed by atoms with Crippen LogP contribution < -0.4 is 16.2 Å². The molecule has 0 radical (unpaired) electrons. The number of rotatable bonds is 4. The minimum Gasteiger partial charge on any atom is -0.307 e. The van der Waals surface area contributed by atoms with E-state index in [2.05, 4.69) is 41.6 Å². The van der Waals surface area contributed by atoms with Crippen LogP contribution in [0.25, 0.3) is 5.78 Å². The van der Waals surface area contributed by atoms with Crippen LogP contribution in [0.3, 0.4) is 0 Å². The Morgan fingerprint density at radius 3 is 2.76 bits per heavy atom. The van der Waals surface area contributed by atoms with Crippen LogP contribution in [0.5, 0.6) is 0 Å². The number of urea groups is 1. The first-order chi connectivity index (χ1) is 12.0. The number of benzene rings is 1. The molecule has 1 aromatic carbocycles. The number of para-hydroxylation sites is 1. The van der Waals surface area contributed by atoms with Crippen molar-refractivity contribution < 1.29 is 4.79 Å². The van der Waals surface area contributed by atoms with Crippen molar-refractivity contribution in [1.29, 1.82) is 0 Å². The fraction of sp³-hybridized carbons (Fsp3) is 0.250. The number of carbonyl (C=O) groups is 1. The Kier molecular flexibility index (Phi) is 4.84. The monoisotopic (exact) mass is 404 g/mol. The van der Waals surface area contributed by atoms with Crippen LogP contribution >= 0.6 is 15.9 Å². The van der Waals surface area contributed by atoms with E-state index in [9.17, 15) is 9.59 Å². The average Bonchev–Trinajstić information content (AvgIpc) is 2.94. The molecule has 3 aromatic rings. The number of aromatic amines is 1. The summed E-state index contributed by atoms with van der Waals surface area (Å²) >= 11 is 3.37. The van der Waals surface area contributed by atoms with Gasteiger partial charge in [-0.25, -0.2) is 9.78 Å². The lowest BCUT2D eigenvalue weighted by molar-refractivity contribution is 0.262. The normalized spacial score (nSPS) is 10.8. The summed E-state index contributed by atoms with van der Waals surface area (Å²) in [6.45, 7) is 3.71. The number of amides is 2. The number of hydrogen-bond donors (Lipinski definition) is 3. The quantitative estimate of drug-likeness (QED) is 0.621. The molecule has 8 nitrogen and oxygen atoms in total. The standard InChI is InChI=1S/C16H17BrN6O2/c1-3-6-12-13(14(24)23-15(19-12)18-9(2)22-23)21-16(25)20-11-8-5-4-7-10(11)17/h4-5,7-8H,3,6H2,1-2H3,(H,18,19,22)(H2,20,21,25). The van der Waals surface area contributed by atoms with Crippen molar-refractivity contribution in [3.8, 4) is 0 Å². The zero-order valence-electron chi connectivity index (χ0n) is 13.8. The van der Waals surface area contributed by atoms with Crippen molar-refractivity contribution in [2.75, 3.05) is 10.6 Å². The molecule has 0 fully saturated rings. The topological polar surface area (TPSA) is 104 Å².